The maximum atomic E-state index is 11.6. The Labute approximate surface area is 229 Å². The number of unbranched alkanes of at least 4 members (excludes halogenated alkanes) is 20. The summed E-state index contributed by atoms with van der Waals surface area (Å²) in [6.45, 7) is 5.87. The molecule has 0 bridgehead atoms. The zero-order valence-corrected chi connectivity index (χ0v) is 24.4. The number of carboxylic acids is 1. The van der Waals surface area contributed by atoms with Crippen LogP contribution in [0.2, 0.25) is 0 Å². The average Bonchev–Trinajstić information content (AvgIpc) is 2.89. The number of ether oxygens (including phenoxy) is 1. The molecular formula is C33H60O4. The summed E-state index contributed by atoms with van der Waals surface area (Å²) in [6.07, 6.45) is 35.6. The molecule has 1 atom stereocenters. The Morgan fingerprint density at radius 2 is 1.08 bits per heavy atom. The van der Waals surface area contributed by atoms with Crippen LogP contribution in [0, 0.1) is 5.92 Å². The first-order valence-electron chi connectivity index (χ1n) is 15.8. The van der Waals surface area contributed by atoms with Crippen molar-refractivity contribution in [3.63, 3.8) is 0 Å². The minimum absolute atomic E-state index is 0.0408. The molecule has 0 aliphatic rings. The molecule has 0 aromatic heterocycles. The second-order valence-corrected chi connectivity index (χ2v) is 10.8. The van der Waals surface area contributed by atoms with Gasteiger partial charge in [0.25, 0.3) is 0 Å². The standard InChI is InChI=1S/C33H60O4/c1-3-5-6-7-8-9-10-11-12-13-14-15-16-17-18-19-20-21-22-23-24-25-26-27-28-31(33(35)36)30-32(34)37-29-4-2/h4,6-7,31H,2-3,5,8-30H2,1H3,(H,35,36)/b7-6+. The normalized spacial score (nSPS) is 12.1. The SMILES string of the molecule is C=CCOC(=O)CC(CCCCCCCCCCCCCCCCCCCCC/C=C/CCC)C(=O)O. The lowest BCUT2D eigenvalue weighted by Gasteiger charge is -2.11. The molecule has 1 N–H and O–H groups in total. The number of rotatable bonds is 29. The van der Waals surface area contributed by atoms with Crippen molar-refractivity contribution in [2.24, 2.45) is 5.92 Å². The van der Waals surface area contributed by atoms with Crippen molar-refractivity contribution in [2.45, 2.75) is 161 Å². The van der Waals surface area contributed by atoms with E-state index >= 15 is 0 Å². The summed E-state index contributed by atoms with van der Waals surface area (Å²) in [7, 11) is 0. The van der Waals surface area contributed by atoms with Gasteiger partial charge >= 0.3 is 11.9 Å². The molecule has 216 valence electrons. The van der Waals surface area contributed by atoms with Crippen molar-refractivity contribution in [3.05, 3.63) is 24.8 Å². The topological polar surface area (TPSA) is 63.6 Å². The van der Waals surface area contributed by atoms with Gasteiger partial charge in [-0.15, -0.1) is 0 Å². The van der Waals surface area contributed by atoms with Crippen LogP contribution in [0.4, 0.5) is 0 Å². The van der Waals surface area contributed by atoms with Crippen LogP contribution in [0.25, 0.3) is 0 Å². The predicted molar refractivity (Wildman–Crippen MR) is 158 cm³/mol. The maximum Gasteiger partial charge on any atom is 0.307 e. The van der Waals surface area contributed by atoms with Crippen LogP contribution < -0.4 is 0 Å². The second-order valence-electron chi connectivity index (χ2n) is 10.8. The molecule has 0 saturated carbocycles. The number of hydrogen-bond acceptors (Lipinski definition) is 3. The molecule has 0 heterocycles. The van der Waals surface area contributed by atoms with E-state index in [1.165, 1.54) is 128 Å². The zero-order chi connectivity index (χ0) is 27.2. The molecule has 0 saturated heterocycles. The van der Waals surface area contributed by atoms with Crippen LogP contribution in [0.5, 0.6) is 0 Å². The molecule has 0 aromatic carbocycles. The van der Waals surface area contributed by atoms with Crippen molar-refractivity contribution in [1.82, 2.24) is 0 Å². The van der Waals surface area contributed by atoms with Crippen molar-refractivity contribution in [2.75, 3.05) is 6.61 Å². The maximum absolute atomic E-state index is 11.6. The molecule has 0 aromatic rings. The van der Waals surface area contributed by atoms with Gasteiger partial charge in [0.2, 0.25) is 0 Å². The van der Waals surface area contributed by atoms with Crippen molar-refractivity contribution in [3.8, 4) is 0 Å². The first kappa shape index (κ1) is 35.4. The molecule has 0 aliphatic carbocycles. The van der Waals surface area contributed by atoms with Gasteiger partial charge in [0.1, 0.15) is 6.61 Å². The lowest BCUT2D eigenvalue weighted by Crippen LogP contribution is -2.19. The van der Waals surface area contributed by atoms with Gasteiger partial charge in [0, 0.05) is 0 Å². The number of hydrogen-bond donors (Lipinski definition) is 1. The molecule has 0 spiro atoms. The Balaban J connectivity index is 3.31. The summed E-state index contributed by atoms with van der Waals surface area (Å²) in [5, 5.41) is 9.30. The van der Waals surface area contributed by atoms with Gasteiger partial charge in [-0.3, -0.25) is 9.59 Å². The van der Waals surface area contributed by atoms with Gasteiger partial charge in [-0.05, 0) is 25.7 Å². The Hall–Kier alpha value is -1.58. The van der Waals surface area contributed by atoms with E-state index in [2.05, 4.69) is 25.7 Å². The molecular weight excluding hydrogens is 460 g/mol. The lowest BCUT2D eigenvalue weighted by atomic mass is 9.97. The van der Waals surface area contributed by atoms with E-state index < -0.39 is 17.9 Å². The number of esters is 1. The van der Waals surface area contributed by atoms with E-state index in [1.807, 2.05) is 0 Å². The minimum Gasteiger partial charge on any atom is -0.481 e. The predicted octanol–water partition coefficient (Wildman–Crippen LogP) is 10.4. The largest absolute Gasteiger partial charge is 0.481 e. The Morgan fingerprint density at radius 1 is 0.676 bits per heavy atom. The summed E-state index contributed by atoms with van der Waals surface area (Å²) >= 11 is 0. The lowest BCUT2D eigenvalue weighted by molar-refractivity contribution is -0.151. The van der Waals surface area contributed by atoms with Crippen LogP contribution in [0.3, 0.4) is 0 Å². The monoisotopic (exact) mass is 520 g/mol. The fraction of sp³-hybridized carbons (Fsp3) is 0.818. The number of carbonyl (C=O) groups excluding carboxylic acids is 1. The van der Waals surface area contributed by atoms with Crippen LogP contribution in [-0.2, 0) is 14.3 Å². The third-order valence-electron chi connectivity index (χ3n) is 7.17. The highest BCUT2D eigenvalue weighted by atomic mass is 16.5. The molecule has 4 nitrogen and oxygen atoms in total. The van der Waals surface area contributed by atoms with Crippen LogP contribution in [0.1, 0.15) is 161 Å². The van der Waals surface area contributed by atoms with E-state index in [1.54, 1.807) is 0 Å². The third-order valence-corrected chi connectivity index (χ3v) is 7.17. The van der Waals surface area contributed by atoms with E-state index in [4.69, 9.17) is 4.74 Å². The first-order chi connectivity index (χ1) is 18.1. The van der Waals surface area contributed by atoms with Gasteiger partial charge in [-0.2, -0.15) is 0 Å². The van der Waals surface area contributed by atoms with E-state index in [0.717, 1.165) is 19.3 Å². The Bertz CT molecular complexity index is 555. The van der Waals surface area contributed by atoms with Gasteiger partial charge in [-0.25, -0.2) is 0 Å². The van der Waals surface area contributed by atoms with Crippen LogP contribution in [-0.4, -0.2) is 23.7 Å². The summed E-state index contributed by atoms with van der Waals surface area (Å²) in [6, 6.07) is 0. The Kier molecular flexibility index (Phi) is 27.7. The number of carboxylic acid groups (broad SMARTS) is 1. The summed E-state index contributed by atoms with van der Waals surface area (Å²) in [4.78, 5) is 23.0. The number of aliphatic carboxylic acids is 1. The summed E-state index contributed by atoms with van der Waals surface area (Å²) in [5.41, 5.74) is 0. The number of carbonyl (C=O) groups is 2. The van der Waals surface area contributed by atoms with E-state index in [9.17, 15) is 14.7 Å². The van der Waals surface area contributed by atoms with E-state index in [-0.39, 0.29) is 13.0 Å². The van der Waals surface area contributed by atoms with Crippen LogP contribution in [0.15, 0.2) is 24.8 Å². The summed E-state index contributed by atoms with van der Waals surface area (Å²) < 4.78 is 4.91. The second kappa shape index (κ2) is 29.0. The molecule has 0 rings (SSSR count). The highest BCUT2D eigenvalue weighted by molar-refractivity contribution is 5.78. The molecule has 0 aliphatic heterocycles. The molecule has 0 amide bonds. The smallest absolute Gasteiger partial charge is 0.307 e. The highest BCUT2D eigenvalue weighted by Crippen LogP contribution is 2.18. The zero-order valence-electron chi connectivity index (χ0n) is 24.4. The first-order valence-corrected chi connectivity index (χ1v) is 15.8. The quantitative estimate of drug-likeness (QED) is 0.0605. The summed E-state index contributed by atoms with van der Waals surface area (Å²) in [5.74, 6) is -1.98. The minimum atomic E-state index is -0.900. The molecule has 0 fully saturated rings. The van der Waals surface area contributed by atoms with Gasteiger partial charge < -0.3 is 9.84 Å². The van der Waals surface area contributed by atoms with Crippen LogP contribution >= 0.6 is 0 Å². The molecule has 1 unspecified atom stereocenters. The fourth-order valence-electron chi connectivity index (χ4n) is 4.79. The fourth-order valence-corrected chi connectivity index (χ4v) is 4.79. The third kappa shape index (κ3) is 27.3. The van der Waals surface area contributed by atoms with Gasteiger partial charge in [-0.1, -0.05) is 154 Å². The van der Waals surface area contributed by atoms with Crippen molar-refractivity contribution >= 4 is 11.9 Å². The molecule has 37 heavy (non-hydrogen) atoms. The molecule has 4 heteroatoms. The van der Waals surface area contributed by atoms with Crippen molar-refractivity contribution < 1.29 is 19.4 Å². The highest BCUT2D eigenvalue weighted by Gasteiger charge is 2.21. The van der Waals surface area contributed by atoms with Crippen molar-refractivity contribution in [1.29, 1.82) is 0 Å². The van der Waals surface area contributed by atoms with E-state index in [0.29, 0.717) is 6.42 Å². The Morgan fingerprint density at radius 3 is 1.49 bits per heavy atom. The van der Waals surface area contributed by atoms with Gasteiger partial charge in [0.15, 0.2) is 0 Å². The number of allylic oxidation sites excluding steroid dienone is 2. The molecule has 0 radical (unpaired) electrons. The van der Waals surface area contributed by atoms with Gasteiger partial charge in [0.05, 0.1) is 12.3 Å². The average molecular weight is 521 g/mol.